The van der Waals surface area contributed by atoms with Gasteiger partial charge in [-0.25, -0.2) is 0 Å². The summed E-state index contributed by atoms with van der Waals surface area (Å²) < 4.78 is 0.823. The molecule has 140 valence electrons. The molecule has 0 aliphatic carbocycles. The molecule has 1 amide bonds. The van der Waals surface area contributed by atoms with Gasteiger partial charge < -0.3 is 10.2 Å². The van der Waals surface area contributed by atoms with Crippen LogP contribution in [0.3, 0.4) is 0 Å². The number of anilines is 2. The number of amides is 1. The van der Waals surface area contributed by atoms with E-state index in [1.165, 1.54) is 34.2 Å². The Morgan fingerprint density at radius 1 is 1.31 bits per heavy atom. The predicted molar refractivity (Wildman–Crippen MR) is 109 cm³/mol. The van der Waals surface area contributed by atoms with E-state index in [-0.39, 0.29) is 11.2 Å². The third-order valence-corrected chi connectivity index (χ3v) is 6.98. The maximum absolute atomic E-state index is 12.6. The molecule has 5 nitrogen and oxygen atoms in total. The molecule has 1 aliphatic rings. The molecule has 1 aromatic heterocycles. The summed E-state index contributed by atoms with van der Waals surface area (Å²) in [6.45, 7) is 10.2. The highest BCUT2D eigenvalue weighted by Gasteiger charge is 2.26. The fraction of sp³-hybridized carbons (Fsp3) is 0.526. The first-order chi connectivity index (χ1) is 12.4. The lowest BCUT2D eigenvalue weighted by Gasteiger charge is -2.31. The Morgan fingerprint density at radius 2 is 2.04 bits per heavy atom. The number of benzene rings is 1. The van der Waals surface area contributed by atoms with Gasteiger partial charge in [-0.2, -0.15) is 0 Å². The number of carbonyl (C=O) groups is 1. The largest absolute Gasteiger partial charge is 0.342 e. The van der Waals surface area contributed by atoms with Gasteiger partial charge in [0.25, 0.3) is 0 Å². The van der Waals surface area contributed by atoms with E-state index >= 15 is 0 Å². The van der Waals surface area contributed by atoms with Gasteiger partial charge in [0.05, 0.1) is 5.25 Å². The van der Waals surface area contributed by atoms with Gasteiger partial charge in [0.1, 0.15) is 0 Å². The molecule has 7 heteroatoms. The molecule has 1 aromatic carbocycles. The topological polar surface area (TPSA) is 58.1 Å². The van der Waals surface area contributed by atoms with Gasteiger partial charge in [0.2, 0.25) is 11.0 Å². The average Bonchev–Trinajstić information content (AvgIpc) is 3.06. The molecule has 26 heavy (non-hydrogen) atoms. The minimum absolute atomic E-state index is 0.134. The van der Waals surface area contributed by atoms with Crippen molar-refractivity contribution >= 4 is 39.8 Å². The maximum atomic E-state index is 12.6. The summed E-state index contributed by atoms with van der Waals surface area (Å²) in [5.74, 6) is 0.935. The van der Waals surface area contributed by atoms with Crippen LogP contribution in [-0.4, -0.2) is 39.3 Å². The predicted octanol–water partition coefficient (Wildman–Crippen LogP) is 4.64. The molecule has 1 N–H and O–H groups in total. The highest BCUT2D eigenvalue weighted by atomic mass is 32.2. The van der Waals surface area contributed by atoms with Gasteiger partial charge >= 0.3 is 0 Å². The van der Waals surface area contributed by atoms with E-state index in [4.69, 9.17) is 0 Å². The monoisotopic (exact) mass is 390 g/mol. The number of hydrogen-bond acceptors (Lipinski definition) is 6. The van der Waals surface area contributed by atoms with Crippen LogP contribution in [-0.2, 0) is 4.79 Å². The smallest absolute Gasteiger partial charge is 0.235 e. The maximum Gasteiger partial charge on any atom is 0.235 e. The van der Waals surface area contributed by atoms with E-state index in [0.29, 0.717) is 0 Å². The zero-order chi connectivity index (χ0) is 18.7. The van der Waals surface area contributed by atoms with Gasteiger partial charge in [0.15, 0.2) is 4.34 Å². The van der Waals surface area contributed by atoms with Crippen LogP contribution in [0.15, 0.2) is 22.5 Å². The number of hydrogen-bond donors (Lipinski definition) is 1. The third-order valence-electron chi connectivity index (χ3n) is 4.97. The Balaban J connectivity index is 1.59. The molecule has 3 rings (SSSR count). The number of likely N-dealkylation sites (tertiary alicyclic amines) is 1. The molecule has 1 fully saturated rings. The van der Waals surface area contributed by atoms with E-state index in [9.17, 15) is 4.79 Å². The van der Waals surface area contributed by atoms with Crippen molar-refractivity contribution in [2.24, 2.45) is 5.92 Å². The normalized spacial score (nSPS) is 16.5. The van der Waals surface area contributed by atoms with Crippen molar-refractivity contribution < 1.29 is 4.79 Å². The summed E-state index contributed by atoms with van der Waals surface area (Å²) in [4.78, 5) is 14.6. The van der Waals surface area contributed by atoms with Crippen molar-refractivity contribution in [2.75, 3.05) is 18.4 Å². The molecule has 1 aliphatic heterocycles. The summed E-state index contributed by atoms with van der Waals surface area (Å²) in [5.41, 5.74) is 3.49. The number of aryl methyl sites for hydroxylation is 1. The molecule has 0 unspecified atom stereocenters. The average molecular weight is 391 g/mol. The number of nitrogens with one attached hydrogen (secondary N) is 1. The highest BCUT2D eigenvalue weighted by molar-refractivity contribution is 8.02. The van der Waals surface area contributed by atoms with E-state index in [1.54, 1.807) is 0 Å². The fourth-order valence-corrected chi connectivity index (χ4v) is 4.99. The molecule has 0 saturated carbocycles. The second kappa shape index (κ2) is 8.39. The second-order valence-electron chi connectivity index (χ2n) is 7.01. The Labute approximate surface area is 163 Å². The minimum Gasteiger partial charge on any atom is -0.342 e. The minimum atomic E-state index is -0.134. The standard InChI is InChI=1S/C19H26N4OS2/c1-12-8-10-23(11-9-12)17(24)15(4)25-19-22-21-18(26-19)20-16-7-5-6-13(2)14(16)3/h5-7,12,15H,8-11H2,1-4H3,(H,20,21)/t15-/m1/s1. The number of piperidine rings is 1. The van der Waals surface area contributed by atoms with Gasteiger partial charge in [-0.05, 0) is 56.7 Å². The summed E-state index contributed by atoms with van der Waals surface area (Å²) in [6, 6.07) is 6.16. The van der Waals surface area contributed by atoms with E-state index in [1.807, 2.05) is 24.0 Å². The van der Waals surface area contributed by atoms with Crippen molar-refractivity contribution in [2.45, 2.75) is 50.1 Å². The number of carbonyl (C=O) groups excluding carboxylic acids is 1. The zero-order valence-corrected chi connectivity index (χ0v) is 17.4. The van der Waals surface area contributed by atoms with Crippen LogP contribution in [0.4, 0.5) is 10.8 Å². The van der Waals surface area contributed by atoms with Crippen LogP contribution in [0.5, 0.6) is 0 Å². The lowest BCUT2D eigenvalue weighted by Crippen LogP contribution is -2.41. The molecular weight excluding hydrogens is 364 g/mol. The van der Waals surface area contributed by atoms with Crippen LogP contribution in [0, 0.1) is 19.8 Å². The van der Waals surface area contributed by atoms with Crippen molar-refractivity contribution in [3.63, 3.8) is 0 Å². The summed E-state index contributed by atoms with van der Waals surface area (Å²) in [7, 11) is 0. The molecule has 0 spiro atoms. The summed E-state index contributed by atoms with van der Waals surface area (Å²) >= 11 is 2.99. The van der Waals surface area contributed by atoms with Crippen molar-refractivity contribution in [1.82, 2.24) is 15.1 Å². The molecule has 0 bridgehead atoms. The Bertz CT molecular complexity index is 769. The van der Waals surface area contributed by atoms with Gasteiger partial charge in [-0.1, -0.05) is 42.2 Å². The Morgan fingerprint density at radius 3 is 2.77 bits per heavy atom. The zero-order valence-electron chi connectivity index (χ0n) is 15.8. The number of nitrogens with zero attached hydrogens (tertiary/aromatic N) is 3. The van der Waals surface area contributed by atoms with Crippen LogP contribution in [0.1, 0.15) is 37.8 Å². The van der Waals surface area contributed by atoms with Crippen LogP contribution < -0.4 is 5.32 Å². The van der Waals surface area contributed by atoms with E-state index in [0.717, 1.165) is 47.0 Å². The lowest BCUT2D eigenvalue weighted by molar-refractivity contribution is -0.131. The first-order valence-electron chi connectivity index (χ1n) is 9.06. The number of thioether (sulfide) groups is 1. The van der Waals surface area contributed by atoms with Crippen LogP contribution >= 0.6 is 23.1 Å². The van der Waals surface area contributed by atoms with Crippen molar-refractivity contribution in [3.8, 4) is 0 Å². The molecular formula is C19H26N4OS2. The number of rotatable bonds is 5. The summed E-state index contributed by atoms with van der Waals surface area (Å²) in [6.07, 6.45) is 2.21. The SMILES string of the molecule is Cc1cccc(Nc2nnc(S[C@H](C)C(=O)N3CCC(C)CC3)s2)c1C. The molecule has 0 radical (unpaired) electrons. The first-order valence-corrected chi connectivity index (χ1v) is 10.8. The molecule has 2 aromatic rings. The van der Waals surface area contributed by atoms with Crippen LogP contribution in [0.2, 0.25) is 0 Å². The molecule has 1 atom stereocenters. The third kappa shape index (κ3) is 4.57. The van der Waals surface area contributed by atoms with Crippen molar-refractivity contribution in [3.05, 3.63) is 29.3 Å². The first kappa shape index (κ1) is 19.2. The Kier molecular flexibility index (Phi) is 6.19. The Hall–Kier alpha value is -1.60. The quantitative estimate of drug-likeness (QED) is 0.754. The molecule has 2 heterocycles. The lowest BCUT2D eigenvalue weighted by atomic mass is 9.99. The van der Waals surface area contributed by atoms with Gasteiger partial charge in [-0.15, -0.1) is 10.2 Å². The van der Waals surface area contributed by atoms with Crippen LogP contribution in [0.25, 0.3) is 0 Å². The summed E-state index contributed by atoms with van der Waals surface area (Å²) in [5, 5.41) is 12.4. The molecule has 1 saturated heterocycles. The van der Waals surface area contributed by atoms with E-state index in [2.05, 4.69) is 42.4 Å². The fourth-order valence-electron chi connectivity index (χ4n) is 3.00. The highest BCUT2D eigenvalue weighted by Crippen LogP contribution is 2.32. The van der Waals surface area contributed by atoms with Crippen molar-refractivity contribution in [1.29, 1.82) is 0 Å². The van der Waals surface area contributed by atoms with Gasteiger partial charge in [0, 0.05) is 18.8 Å². The number of aromatic nitrogens is 2. The van der Waals surface area contributed by atoms with Gasteiger partial charge in [-0.3, -0.25) is 4.79 Å². The second-order valence-corrected chi connectivity index (χ2v) is 9.58. The van der Waals surface area contributed by atoms with E-state index < -0.39 is 0 Å².